The molecule has 1 aromatic rings. The molecule has 3 rings (SSSR count). The van der Waals surface area contributed by atoms with Gasteiger partial charge in [-0.05, 0) is 30.8 Å². The van der Waals surface area contributed by atoms with Gasteiger partial charge in [-0.3, -0.25) is 15.0 Å². The number of carbonyl (C=O) groups excluding carboxylic acids is 1. The number of nitro benzene ring substituents is 1. The van der Waals surface area contributed by atoms with Crippen molar-refractivity contribution in [2.75, 3.05) is 32.7 Å². The van der Waals surface area contributed by atoms with Crippen molar-refractivity contribution in [2.24, 2.45) is 4.99 Å². The fraction of sp³-hybridized carbons (Fsp3) is 0.600. The topological polar surface area (TPSA) is 79.0 Å². The van der Waals surface area contributed by atoms with Crippen molar-refractivity contribution >= 4 is 28.9 Å². The number of rotatable bonds is 7. The molecule has 2 aliphatic rings. The van der Waals surface area contributed by atoms with E-state index in [0.29, 0.717) is 30.6 Å². The van der Waals surface area contributed by atoms with Crippen molar-refractivity contribution in [3.05, 3.63) is 33.4 Å². The van der Waals surface area contributed by atoms with Crippen molar-refractivity contribution < 1.29 is 22.9 Å². The summed E-state index contributed by atoms with van der Waals surface area (Å²) in [4.78, 5) is 31.0. The SMILES string of the molecule is CCCCCCN1CCN(C2=NC(C=O)c3cc(C(F)(F)F)cc([N+](=O)[O-])c3S2)CC1. The molecule has 0 aliphatic carbocycles. The van der Waals surface area contributed by atoms with Crippen LogP contribution in [0.2, 0.25) is 0 Å². The van der Waals surface area contributed by atoms with E-state index in [1.54, 1.807) is 0 Å². The van der Waals surface area contributed by atoms with E-state index in [-0.39, 0.29) is 10.5 Å². The van der Waals surface area contributed by atoms with Crippen LogP contribution < -0.4 is 0 Å². The van der Waals surface area contributed by atoms with Crippen molar-refractivity contribution in [1.82, 2.24) is 9.80 Å². The van der Waals surface area contributed by atoms with Gasteiger partial charge in [0, 0.05) is 37.8 Å². The van der Waals surface area contributed by atoms with Crippen LogP contribution in [0.15, 0.2) is 22.0 Å². The second-order valence-corrected chi connectivity index (χ2v) is 8.63. The Kier molecular flexibility index (Phi) is 7.58. The highest BCUT2D eigenvalue weighted by molar-refractivity contribution is 8.14. The van der Waals surface area contributed by atoms with Gasteiger partial charge in [0.05, 0.1) is 15.4 Å². The highest BCUT2D eigenvalue weighted by Crippen LogP contribution is 2.45. The third kappa shape index (κ3) is 5.57. The maximum atomic E-state index is 13.2. The van der Waals surface area contributed by atoms with Crippen LogP contribution in [0.3, 0.4) is 0 Å². The first kappa shape index (κ1) is 23.5. The van der Waals surface area contributed by atoms with E-state index in [2.05, 4.69) is 16.8 Å². The molecule has 2 aliphatic heterocycles. The minimum absolute atomic E-state index is 0.0575. The number of hydrogen-bond acceptors (Lipinski definition) is 7. The highest BCUT2D eigenvalue weighted by Gasteiger charge is 2.38. The number of aliphatic imine (C=N–C) groups is 1. The summed E-state index contributed by atoms with van der Waals surface area (Å²) in [6.45, 7) is 6.09. The van der Waals surface area contributed by atoms with Gasteiger partial charge in [-0.2, -0.15) is 13.2 Å². The number of benzene rings is 1. The molecule has 0 aromatic heterocycles. The Labute approximate surface area is 182 Å². The number of thioether (sulfide) groups is 1. The van der Waals surface area contributed by atoms with Crippen molar-refractivity contribution in [1.29, 1.82) is 0 Å². The number of aldehydes is 1. The molecular formula is C20H25F3N4O3S. The zero-order valence-electron chi connectivity index (χ0n) is 17.2. The molecular weight excluding hydrogens is 433 g/mol. The van der Waals surface area contributed by atoms with Crippen LogP contribution in [0.25, 0.3) is 0 Å². The molecule has 0 saturated carbocycles. The van der Waals surface area contributed by atoms with E-state index in [1.165, 1.54) is 19.3 Å². The summed E-state index contributed by atoms with van der Waals surface area (Å²) < 4.78 is 39.6. The largest absolute Gasteiger partial charge is 0.416 e. The predicted molar refractivity (Wildman–Crippen MR) is 112 cm³/mol. The first-order valence-corrected chi connectivity index (χ1v) is 11.1. The number of unbranched alkanes of at least 4 members (excludes halogenated alkanes) is 3. The Hall–Kier alpha value is -2.14. The van der Waals surface area contributed by atoms with Gasteiger partial charge in [-0.25, -0.2) is 4.99 Å². The summed E-state index contributed by atoms with van der Waals surface area (Å²) in [5.74, 6) is 0. The van der Waals surface area contributed by atoms with Crippen molar-refractivity contribution in [2.45, 2.75) is 49.7 Å². The Balaban J connectivity index is 1.77. The minimum atomic E-state index is -4.75. The van der Waals surface area contributed by atoms with Crippen LogP contribution in [-0.4, -0.2) is 58.9 Å². The van der Waals surface area contributed by atoms with Crippen LogP contribution in [-0.2, 0) is 11.0 Å². The summed E-state index contributed by atoms with van der Waals surface area (Å²) in [5, 5.41) is 11.9. The highest BCUT2D eigenvalue weighted by atomic mass is 32.2. The molecule has 0 radical (unpaired) electrons. The number of nitrogens with zero attached hydrogens (tertiary/aromatic N) is 4. The van der Waals surface area contributed by atoms with Gasteiger partial charge in [0.15, 0.2) is 5.17 Å². The molecule has 170 valence electrons. The molecule has 0 N–H and O–H groups in total. The molecule has 1 atom stereocenters. The van der Waals surface area contributed by atoms with Gasteiger partial charge < -0.3 is 9.69 Å². The molecule has 0 amide bonds. The van der Waals surface area contributed by atoms with Crippen molar-refractivity contribution in [3.63, 3.8) is 0 Å². The lowest BCUT2D eigenvalue weighted by Crippen LogP contribution is -2.48. The van der Waals surface area contributed by atoms with Gasteiger partial charge in [0.25, 0.3) is 5.69 Å². The zero-order valence-corrected chi connectivity index (χ0v) is 18.0. The third-order valence-electron chi connectivity index (χ3n) is 5.48. The van der Waals surface area contributed by atoms with Crippen LogP contribution in [0.4, 0.5) is 18.9 Å². The van der Waals surface area contributed by atoms with Crippen LogP contribution in [0, 0.1) is 10.1 Å². The fourth-order valence-electron chi connectivity index (χ4n) is 3.75. The predicted octanol–water partition coefficient (Wildman–Crippen LogP) is 4.51. The minimum Gasteiger partial charge on any atom is -0.349 e. The van der Waals surface area contributed by atoms with Crippen LogP contribution in [0.5, 0.6) is 0 Å². The quantitative estimate of drug-likeness (QED) is 0.259. The first-order valence-electron chi connectivity index (χ1n) is 10.3. The third-order valence-corrected chi connectivity index (χ3v) is 6.68. The number of halogens is 3. The Morgan fingerprint density at radius 2 is 1.94 bits per heavy atom. The second-order valence-electron chi connectivity index (χ2n) is 7.65. The molecule has 7 nitrogen and oxygen atoms in total. The van der Waals surface area contributed by atoms with Gasteiger partial charge in [-0.15, -0.1) is 0 Å². The van der Waals surface area contributed by atoms with E-state index < -0.39 is 28.4 Å². The summed E-state index contributed by atoms with van der Waals surface area (Å²) >= 11 is 0.972. The monoisotopic (exact) mass is 458 g/mol. The van der Waals surface area contributed by atoms with E-state index in [0.717, 1.165) is 43.9 Å². The number of carbonyl (C=O) groups is 1. The van der Waals surface area contributed by atoms with Crippen molar-refractivity contribution in [3.8, 4) is 0 Å². The Morgan fingerprint density at radius 3 is 2.52 bits per heavy atom. The fourth-order valence-corrected chi connectivity index (χ4v) is 4.94. The Bertz CT molecular complexity index is 855. The van der Waals surface area contributed by atoms with E-state index in [9.17, 15) is 28.1 Å². The zero-order chi connectivity index (χ0) is 22.6. The first-order chi connectivity index (χ1) is 14.7. The summed E-state index contributed by atoms with van der Waals surface area (Å²) in [6, 6.07) is 0.132. The van der Waals surface area contributed by atoms with Gasteiger partial charge in [0.2, 0.25) is 0 Å². The van der Waals surface area contributed by atoms with Crippen LogP contribution >= 0.6 is 11.8 Å². The second kappa shape index (κ2) is 9.99. The standard InChI is InChI=1S/C20H25F3N4O3S/c1-2-3-4-5-6-25-7-9-26(10-8-25)19-24-16(13-28)15-11-14(20(21,22)23)12-17(27(29)30)18(15)31-19/h11-13,16H,2-10H2,1H3. The number of hydrogen-bond donors (Lipinski definition) is 0. The normalized spacial score (nSPS) is 19.7. The number of nitro groups is 1. The van der Waals surface area contributed by atoms with Gasteiger partial charge in [-0.1, -0.05) is 26.2 Å². The number of fused-ring (bicyclic) bond motifs is 1. The molecule has 31 heavy (non-hydrogen) atoms. The maximum Gasteiger partial charge on any atom is 0.416 e. The molecule has 0 spiro atoms. The summed E-state index contributed by atoms with van der Waals surface area (Å²) in [6.07, 6.45) is 0.413. The number of alkyl halides is 3. The van der Waals surface area contributed by atoms with E-state index in [4.69, 9.17) is 0 Å². The van der Waals surface area contributed by atoms with Crippen LogP contribution in [0.1, 0.15) is 49.8 Å². The number of piperazine rings is 1. The van der Waals surface area contributed by atoms with Gasteiger partial charge in [0.1, 0.15) is 12.3 Å². The lowest BCUT2D eigenvalue weighted by Gasteiger charge is -2.37. The molecule has 1 unspecified atom stereocenters. The van der Waals surface area contributed by atoms with E-state index in [1.807, 2.05) is 4.90 Å². The van der Waals surface area contributed by atoms with E-state index >= 15 is 0 Å². The smallest absolute Gasteiger partial charge is 0.349 e. The molecule has 2 heterocycles. The molecule has 1 saturated heterocycles. The molecule has 1 fully saturated rings. The lowest BCUT2D eigenvalue weighted by atomic mass is 10.0. The average Bonchev–Trinajstić information content (AvgIpc) is 2.74. The molecule has 0 bridgehead atoms. The Morgan fingerprint density at radius 1 is 1.23 bits per heavy atom. The van der Waals surface area contributed by atoms with Gasteiger partial charge >= 0.3 is 6.18 Å². The number of amidine groups is 1. The molecule has 1 aromatic carbocycles. The lowest BCUT2D eigenvalue weighted by molar-refractivity contribution is -0.388. The summed E-state index contributed by atoms with van der Waals surface area (Å²) in [5.41, 5.74) is -1.87. The molecule has 11 heteroatoms. The maximum absolute atomic E-state index is 13.2. The average molecular weight is 459 g/mol. The summed E-state index contributed by atoms with van der Waals surface area (Å²) in [7, 11) is 0.